The molecule has 0 aromatic heterocycles. The number of carboxylic acid groups (broad SMARTS) is 1. The summed E-state index contributed by atoms with van der Waals surface area (Å²) in [5.41, 5.74) is 0.686. The van der Waals surface area contributed by atoms with Gasteiger partial charge in [-0.15, -0.1) is 0 Å². The van der Waals surface area contributed by atoms with E-state index in [0.717, 1.165) is 3.57 Å². The fourth-order valence-electron chi connectivity index (χ4n) is 1.26. The number of carbonyl (C=O) groups excluding carboxylic acids is 1. The lowest BCUT2D eigenvalue weighted by molar-refractivity contribution is -0.145. The first-order chi connectivity index (χ1) is 7.91. The number of hydrogen-bond acceptors (Lipinski definition) is 2. The Kier molecular flexibility index (Phi) is 4.92. The first-order valence-corrected chi connectivity index (χ1v) is 6.29. The zero-order valence-corrected chi connectivity index (χ0v) is 11.8. The molecular formula is C12H14INO3. The third-order valence-corrected chi connectivity index (χ3v) is 3.32. The second-order valence-corrected chi connectivity index (χ2v) is 5.16. The van der Waals surface area contributed by atoms with E-state index in [1.54, 1.807) is 13.0 Å². The van der Waals surface area contributed by atoms with Gasteiger partial charge in [0.25, 0.3) is 0 Å². The predicted octanol–water partition coefficient (Wildman–Crippen LogP) is 2.59. The molecule has 17 heavy (non-hydrogen) atoms. The maximum absolute atomic E-state index is 11.8. The Labute approximate surface area is 114 Å². The monoisotopic (exact) mass is 347 g/mol. The smallest absolute Gasteiger partial charge is 0.307 e. The topological polar surface area (TPSA) is 66.4 Å². The Morgan fingerprint density at radius 3 is 2.47 bits per heavy atom. The Morgan fingerprint density at radius 1 is 1.29 bits per heavy atom. The SMILES string of the molecule is CC(C(=O)O)C(C)C(=O)Nc1cccc(I)c1. The third kappa shape index (κ3) is 3.99. The molecule has 0 saturated heterocycles. The van der Waals surface area contributed by atoms with Crippen LogP contribution >= 0.6 is 22.6 Å². The zero-order chi connectivity index (χ0) is 13.0. The van der Waals surface area contributed by atoms with Crippen LogP contribution in [0.15, 0.2) is 24.3 Å². The van der Waals surface area contributed by atoms with Gasteiger partial charge in [-0.25, -0.2) is 0 Å². The number of anilines is 1. The van der Waals surface area contributed by atoms with Crippen molar-refractivity contribution in [1.29, 1.82) is 0 Å². The highest BCUT2D eigenvalue weighted by Crippen LogP contribution is 2.16. The maximum atomic E-state index is 11.8. The largest absolute Gasteiger partial charge is 0.481 e. The highest BCUT2D eigenvalue weighted by molar-refractivity contribution is 14.1. The first-order valence-electron chi connectivity index (χ1n) is 5.21. The standard InChI is InChI=1S/C12H14INO3/c1-7(8(2)12(16)17)11(15)14-10-5-3-4-9(13)6-10/h3-8H,1-2H3,(H,14,15)(H,16,17). The second kappa shape index (κ2) is 6.00. The lowest BCUT2D eigenvalue weighted by Gasteiger charge is -2.15. The number of nitrogens with one attached hydrogen (secondary N) is 1. The Morgan fingerprint density at radius 2 is 1.94 bits per heavy atom. The molecule has 0 spiro atoms. The second-order valence-electron chi connectivity index (χ2n) is 3.92. The van der Waals surface area contributed by atoms with Crippen LogP contribution in [-0.2, 0) is 9.59 Å². The minimum atomic E-state index is -0.963. The number of hydrogen-bond donors (Lipinski definition) is 2. The molecule has 0 aliphatic carbocycles. The molecule has 0 aliphatic heterocycles. The summed E-state index contributed by atoms with van der Waals surface area (Å²) >= 11 is 2.15. The summed E-state index contributed by atoms with van der Waals surface area (Å²) in [6.07, 6.45) is 0. The molecule has 0 aliphatic rings. The molecule has 0 saturated carbocycles. The van der Waals surface area contributed by atoms with Gasteiger partial charge in [-0.2, -0.15) is 0 Å². The summed E-state index contributed by atoms with van der Waals surface area (Å²) in [5.74, 6) is -2.50. The summed E-state index contributed by atoms with van der Waals surface area (Å²) in [7, 11) is 0. The molecule has 0 bridgehead atoms. The molecule has 2 N–H and O–H groups in total. The van der Waals surface area contributed by atoms with Crippen LogP contribution < -0.4 is 5.32 Å². The van der Waals surface area contributed by atoms with Gasteiger partial charge >= 0.3 is 5.97 Å². The third-order valence-electron chi connectivity index (χ3n) is 2.65. The Hall–Kier alpha value is -1.11. The molecule has 1 aromatic rings. The minimum Gasteiger partial charge on any atom is -0.481 e. The van der Waals surface area contributed by atoms with Crippen molar-refractivity contribution in [2.45, 2.75) is 13.8 Å². The molecule has 0 heterocycles. The Bertz CT molecular complexity index is 434. The van der Waals surface area contributed by atoms with Crippen LogP contribution in [0.25, 0.3) is 0 Å². The van der Waals surface area contributed by atoms with Crippen LogP contribution in [-0.4, -0.2) is 17.0 Å². The van der Waals surface area contributed by atoms with Gasteiger partial charge in [0.1, 0.15) is 0 Å². The fraction of sp³-hybridized carbons (Fsp3) is 0.333. The van der Waals surface area contributed by atoms with Crippen molar-refractivity contribution in [2.75, 3.05) is 5.32 Å². The molecule has 92 valence electrons. The molecule has 1 aromatic carbocycles. The molecule has 1 rings (SSSR count). The minimum absolute atomic E-state index is 0.276. The number of rotatable bonds is 4. The van der Waals surface area contributed by atoms with Crippen molar-refractivity contribution in [3.8, 4) is 0 Å². The van der Waals surface area contributed by atoms with Gasteiger partial charge in [0.15, 0.2) is 0 Å². The lowest BCUT2D eigenvalue weighted by atomic mass is 9.95. The van der Waals surface area contributed by atoms with Gasteiger partial charge in [0.2, 0.25) is 5.91 Å². The molecule has 2 atom stereocenters. The summed E-state index contributed by atoms with van der Waals surface area (Å²) < 4.78 is 1.01. The van der Waals surface area contributed by atoms with Crippen molar-refractivity contribution in [3.05, 3.63) is 27.8 Å². The number of benzene rings is 1. The average Bonchev–Trinajstić information content (AvgIpc) is 2.26. The molecule has 1 amide bonds. The van der Waals surface area contributed by atoms with E-state index >= 15 is 0 Å². The first kappa shape index (κ1) is 14.0. The van der Waals surface area contributed by atoms with Crippen LogP contribution in [0.2, 0.25) is 0 Å². The van der Waals surface area contributed by atoms with Crippen molar-refractivity contribution >= 4 is 40.2 Å². The maximum Gasteiger partial charge on any atom is 0.307 e. The average molecular weight is 347 g/mol. The normalized spacial score (nSPS) is 13.8. The van der Waals surface area contributed by atoms with Gasteiger partial charge in [0.05, 0.1) is 5.92 Å². The van der Waals surface area contributed by atoms with E-state index in [4.69, 9.17) is 5.11 Å². The molecule has 2 unspecified atom stereocenters. The zero-order valence-electron chi connectivity index (χ0n) is 9.61. The highest BCUT2D eigenvalue weighted by atomic mass is 127. The van der Waals surface area contributed by atoms with Crippen molar-refractivity contribution < 1.29 is 14.7 Å². The summed E-state index contributed by atoms with van der Waals surface area (Å²) in [5, 5.41) is 11.5. The summed E-state index contributed by atoms with van der Waals surface area (Å²) in [6, 6.07) is 7.36. The van der Waals surface area contributed by atoms with E-state index in [1.165, 1.54) is 6.92 Å². The summed E-state index contributed by atoms with van der Waals surface area (Å²) in [6.45, 7) is 3.14. The highest BCUT2D eigenvalue weighted by Gasteiger charge is 2.25. The fourth-order valence-corrected chi connectivity index (χ4v) is 1.81. The predicted molar refractivity (Wildman–Crippen MR) is 73.8 cm³/mol. The van der Waals surface area contributed by atoms with Crippen LogP contribution in [0.4, 0.5) is 5.69 Å². The number of carbonyl (C=O) groups is 2. The van der Waals surface area contributed by atoms with Crippen LogP contribution in [0.1, 0.15) is 13.8 Å². The van der Waals surface area contributed by atoms with Crippen LogP contribution in [0, 0.1) is 15.4 Å². The van der Waals surface area contributed by atoms with E-state index in [0.29, 0.717) is 5.69 Å². The molecule has 5 heteroatoms. The van der Waals surface area contributed by atoms with E-state index in [9.17, 15) is 9.59 Å². The van der Waals surface area contributed by atoms with Crippen LogP contribution in [0.5, 0.6) is 0 Å². The van der Waals surface area contributed by atoms with E-state index in [2.05, 4.69) is 27.9 Å². The van der Waals surface area contributed by atoms with Gasteiger partial charge in [-0.1, -0.05) is 19.9 Å². The van der Waals surface area contributed by atoms with Gasteiger partial charge < -0.3 is 10.4 Å². The van der Waals surface area contributed by atoms with Crippen molar-refractivity contribution in [2.24, 2.45) is 11.8 Å². The number of halogens is 1. The lowest BCUT2D eigenvalue weighted by Crippen LogP contribution is -2.29. The van der Waals surface area contributed by atoms with Gasteiger partial charge in [-0.05, 0) is 40.8 Å². The van der Waals surface area contributed by atoms with E-state index in [-0.39, 0.29) is 5.91 Å². The van der Waals surface area contributed by atoms with Crippen molar-refractivity contribution in [1.82, 2.24) is 0 Å². The van der Waals surface area contributed by atoms with Gasteiger partial charge in [-0.3, -0.25) is 9.59 Å². The summed E-state index contributed by atoms with van der Waals surface area (Å²) in [4.78, 5) is 22.6. The van der Waals surface area contributed by atoms with Crippen LogP contribution in [0.3, 0.4) is 0 Å². The molecule has 0 fully saturated rings. The number of carboxylic acids is 1. The van der Waals surface area contributed by atoms with Crippen molar-refractivity contribution in [3.63, 3.8) is 0 Å². The Balaban J connectivity index is 2.69. The van der Waals surface area contributed by atoms with E-state index in [1.807, 2.05) is 18.2 Å². The quantitative estimate of drug-likeness (QED) is 0.823. The van der Waals surface area contributed by atoms with Gasteiger partial charge in [0, 0.05) is 15.2 Å². The van der Waals surface area contributed by atoms with E-state index < -0.39 is 17.8 Å². The number of amides is 1. The molecular weight excluding hydrogens is 333 g/mol. The molecule has 4 nitrogen and oxygen atoms in total. The molecule has 0 radical (unpaired) electrons. The number of aliphatic carboxylic acids is 1.